The first-order valence-electron chi connectivity index (χ1n) is 12.8. The molecule has 5 rings (SSSR count). The highest BCUT2D eigenvalue weighted by molar-refractivity contribution is 6.35. The maximum Gasteiger partial charge on any atom is 0.222 e. The van der Waals surface area contributed by atoms with Crippen LogP contribution in [0.1, 0.15) is 48.9 Å². The molecule has 1 aromatic heterocycles. The molecule has 2 saturated carbocycles. The van der Waals surface area contributed by atoms with Crippen molar-refractivity contribution in [1.82, 2.24) is 14.0 Å². The molecule has 6 nitrogen and oxygen atoms in total. The third-order valence-electron chi connectivity index (χ3n) is 8.13. The molecule has 190 valence electrons. The van der Waals surface area contributed by atoms with Gasteiger partial charge in [0, 0.05) is 37.1 Å². The number of Topliss-reactive ketones (excluding diaryl/α,β-unsaturated/α-hetero) is 1. The fourth-order valence-electron chi connectivity index (χ4n) is 6.20. The summed E-state index contributed by atoms with van der Waals surface area (Å²) in [7, 11) is 1.88. The van der Waals surface area contributed by atoms with E-state index in [-0.39, 0.29) is 23.9 Å². The second-order valence-electron chi connectivity index (χ2n) is 10.4. The average Bonchev–Trinajstić information content (AvgIpc) is 3.55. The molecule has 1 unspecified atom stereocenters. The molecule has 1 amide bonds. The number of para-hydroxylation sites is 1. The number of ketones is 1. The number of nitrogens with one attached hydrogen (secondary N) is 1. The molecule has 2 bridgehead atoms. The number of aromatic nitrogens is 2. The number of nitrogens with zero attached hydrogens (tertiary/aromatic N) is 3. The summed E-state index contributed by atoms with van der Waals surface area (Å²) in [6.07, 6.45) is 6.53. The molecule has 8 heteroatoms. The molecule has 0 spiro atoms. The van der Waals surface area contributed by atoms with Gasteiger partial charge in [0.05, 0.1) is 22.6 Å². The van der Waals surface area contributed by atoms with Crippen molar-refractivity contribution in [1.29, 1.82) is 5.41 Å². The zero-order valence-corrected chi connectivity index (χ0v) is 22.1. The van der Waals surface area contributed by atoms with Crippen LogP contribution in [0.4, 0.5) is 0 Å². The number of benzene rings is 2. The Morgan fingerprint density at radius 1 is 1.06 bits per heavy atom. The number of imidazole rings is 1. The summed E-state index contributed by atoms with van der Waals surface area (Å²) < 4.78 is 3.54. The van der Waals surface area contributed by atoms with Crippen molar-refractivity contribution in [3.63, 3.8) is 0 Å². The molecule has 3 atom stereocenters. The summed E-state index contributed by atoms with van der Waals surface area (Å²) in [4.78, 5) is 27.6. The Balaban J connectivity index is 1.27. The fourth-order valence-corrected chi connectivity index (χ4v) is 6.60. The number of hydrogen-bond acceptors (Lipinski definition) is 3. The Morgan fingerprint density at radius 2 is 1.83 bits per heavy atom. The Labute approximate surface area is 221 Å². The molecule has 2 fully saturated rings. The molecular weight excluding hydrogens is 495 g/mol. The number of aryl methyl sites for hydroxylation is 1. The van der Waals surface area contributed by atoms with Crippen molar-refractivity contribution < 1.29 is 9.59 Å². The van der Waals surface area contributed by atoms with Crippen LogP contribution < -0.4 is 5.62 Å². The lowest BCUT2D eigenvalue weighted by molar-refractivity contribution is -0.131. The number of carbonyl (C=O) groups is 2. The highest BCUT2D eigenvalue weighted by Gasteiger charge is 2.40. The second-order valence-corrected chi connectivity index (χ2v) is 11.3. The molecule has 0 saturated heterocycles. The molecule has 0 aliphatic heterocycles. The van der Waals surface area contributed by atoms with E-state index < -0.39 is 0 Å². The van der Waals surface area contributed by atoms with Crippen LogP contribution in [0.15, 0.2) is 42.5 Å². The SMILES string of the molecule is CN(CCCn1c(=N)n(CC(=O)c2ccc(Cl)cc2)c2cccc(Cl)c21)C(=O)CC1C[C@@H]2CC[C@H]1C2. The van der Waals surface area contributed by atoms with Gasteiger partial charge in [-0.3, -0.25) is 15.0 Å². The number of fused-ring (bicyclic) bond motifs is 3. The van der Waals surface area contributed by atoms with E-state index in [1.54, 1.807) is 34.9 Å². The average molecular weight is 527 g/mol. The number of halogens is 2. The van der Waals surface area contributed by atoms with Gasteiger partial charge in [0.2, 0.25) is 11.5 Å². The molecule has 0 radical (unpaired) electrons. The van der Waals surface area contributed by atoms with Crippen LogP contribution >= 0.6 is 23.2 Å². The maximum absolute atomic E-state index is 12.9. The van der Waals surface area contributed by atoms with E-state index in [0.29, 0.717) is 47.5 Å². The lowest BCUT2D eigenvalue weighted by atomic mass is 9.86. The Hall–Kier alpha value is -2.57. The smallest absolute Gasteiger partial charge is 0.222 e. The molecule has 36 heavy (non-hydrogen) atoms. The van der Waals surface area contributed by atoms with Crippen molar-refractivity contribution in [3.05, 3.63) is 63.7 Å². The van der Waals surface area contributed by atoms with Crippen LogP contribution in [0, 0.1) is 23.2 Å². The molecule has 3 aromatic rings. The van der Waals surface area contributed by atoms with Gasteiger partial charge in [-0.2, -0.15) is 0 Å². The van der Waals surface area contributed by atoms with E-state index in [9.17, 15) is 9.59 Å². The number of carbonyl (C=O) groups excluding carboxylic acids is 2. The van der Waals surface area contributed by atoms with E-state index in [2.05, 4.69) is 0 Å². The van der Waals surface area contributed by atoms with Crippen molar-refractivity contribution >= 4 is 45.9 Å². The normalized spacial score (nSPS) is 20.8. The maximum atomic E-state index is 12.9. The van der Waals surface area contributed by atoms with Gasteiger partial charge < -0.3 is 14.0 Å². The lowest BCUT2D eigenvalue weighted by Crippen LogP contribution is -2.32. The van der Waals surface area contributed by atoms with Crippen molar-refractivity contribution in [2.75, 3.05) is 13.6 Å². The minimum absolute atomic E-state index is 0.0340. The Morgan fingerprint density at radius 3 is 2.53 bits per heavy atom. The van der Waals surface area contributed by atoms with Gasteiger partial charge in [-0.15, -0.1) is 0 Å². The lowest BCUT2D eigenvalue weighted by Gasteiger charge is -2.24. The molecule has 2 aliphatic rings. The summed E-state index contributed by atoms with van der Waals surface area (Å²) in [5.74, 6) is 2.27. The van der Waals surface area contributed by atoms with Crippen LogP contribution in [0.2, 0.25) is 10.0 Å². The van der Waals surface area contributed by atoms with Gasteiger partial charge in [-0.05, 0) is 79.8 Å². The fraction of sp³-hybridized carbons (Fsp3) is 0.464. The third-order valence-corrected chi connectivity index (χ3v) is 8.68. The molecular formula is C28H32Cl2N4O2. The molecule has 1 heterocycles. The Bertz CT molecular complexity index is 1340. The zero-order chi connectivity index (χ0) is 25.4. The predicted octanol–water partition coefficient (Wildman–Crippen LogP) is 5.79. The van der Waals surface area contributed by atoms with E-state index in [0.717, 1.165) is 22.9 Å². The number of rotatable bonds is 9. The van der Waals surface area contributed by atoms with Gasteiger partial charge in [0.15, 0.2) is 5.78 Å². The van der Waals surface area contributed by atoms with Crippen LogP contribution in [-0.2, 0) is 17.9 Å². The van der Waals surface area contributed by atoms with Crippen LogP contribution in [0.5, 0.6) is 0 Å². The minimum Gasteiger partial charge on any atom is -0.346 e. The largest absolute Gasteiger partial charge is 0.346 e. The first-order chi connectivity index (χ1) is 17.3. The van der Waals surface area contributed by atoms with Gasteiger partial charge in [-0.1, -0.05) is 35.7 Å². The first kappa shape index (κ1) is 25.1. The van der Waals surface area contributed by atoms with Gasteiger partial charge >= 0.3 is 0 Å². The standard InChI is InChI=1S/C28H32Cl2N4O2/c1-32(26(36)16-21-15-18-6-7-20(21)14-18)12-3-13-33-27-23(30)4-2-5-24(27)34(28(33)31)17-25(35)19-8-10-22(29)11-9-19/h2,4-5,8-11,18,20-21,31H,3,6-7,12-17H2,1H3/t18-,20+,21?/m1/s1. The molecule has 1 N–H and O–H groups in total. The van der Waals surface area contributed by atoms with Crippen molar-refractivity contribution in [2.45, 2.75) is 51.6 Å². The van der Waals surface area contributed by atoms with E-state index >= 15 is 0 Å². The van der Waals surface area contributed by atoms with Crippen molar-refractivity contribution in [2.24, 2.45) is 17.8 Å². The third kappa shape index (κ3) is 4.98. The Kier molecular flexibility index (Phi) is 7.27. The van der Waals surface area contributed by atoms with Crippen LogP contribution in [0.3, 0.4) is 0 Å². The predicted molar refractivity (Wildman–Crippen MR) is 142 cm³/mol. The van der Waals surface area contributed by atoms with E-state index in [4.69, 9.17) is 28.6 Å². The second kappa shape index (κ2) is 10.4. The number of hydrogen-bond donors (Lipinski definition) is 1. The van der Waals surface area contributed by atoms with E-state index in [1.165, 1.54) is 25.7 Å². The quantitative estimate of drug-likeness (QED) is 0.358. The summed E-state index contributed by atoms with van der Waals surface area (Å²) in [6.45, 7) is 1.19. The highest BCUT2D eigenvalue weighted by atomic mass is 35.5. The highest BCUT2D eigenvalue weighted by Crippen LogP contribution is 2.49. The van der Waals surface area contributed by atoms with Crippen molar-refractivity contribution in [3.8, 4) is 0 Å². The summed E-state index contributed by atoms with van der Waals surface area (Å²) in [6, 6.07) is 12.3. The first-order valence-corrected chi connectivity index (χ1v) is 13.5. The summed E-state index contributed by atoms with van der Waals surface area (Å²) in [5.41, 5.74) is 2.25. The summed E-state index contributed by atoms with van der Waals surface area (Å²) >= 11 is 12.5. The van der Waals surface area contributed by atoms with Gasteiger partial charge in [0.25, 0.3) is 0 Å². The van der Waals surface area contributed by atoms with Crippen LogP contribution in [0.25, 0.3) is 11.0 Å². The number of amides is 1. The van der Waals surface area contributed by atoms with E-state index in [1.807, 2.05) is 28.6 Å². The zero-order valence-electron chi connectivity index (χ0n) is 20.6. The van der Waals surface area contributed by atoms with Gasteiger partial charge in [0.1, 0.15) is 0 Å². The molecule has 2 aromatic carbocycles. The monoisotopic (exact) mass is 526 g/mol. The van der Waals surface area contributed by atoms with Gasteiger partial charge in [-0.25, -0.2) is 0 Å². The minimum atomic E-state index is -0.102. The molecule has 2 aliphatic carbocycles. The summed E-state index contributed by atoms with van der Waals surface area (Å²) in [5, 5.41) is 9.96. The van der Waals surface area contributed by atoms with Crippen LogP contribution in [-0.4, -0.2) is 39.3 Å². The topological polar surface area (TPSA) is 71.1 Å².